The Kier molecular flexibility index (Phi) is 10.2. The summed E-state index contributed by atoms with van der Waals surface area (Å²) >= 11 is 6.23. The van der Waals surface area contributed by atoms with Gasteiger partial charge in [-0.05, 0) is 67.8 Å². The number of pyridine rings is 1. The quantitative estimate of drug-likeness (QED) is 0.283. The van der Waals surface area contributed by atoms with Gasteiger partial charge in [-0.3, -0.25) is 44.1 Å². The summed E-state index contributed by atoms with van der Waals surface area (Å²) in [5.74, 6) is -1.69. The molecular weight excluding hydrogens is 722 g/mol. The predicted octanol–water partition coefficient (Wildman–Crippen LogP) is 4.37. The molecule has 1 aliphatic carbocycles. The lowest BCUT2D eigenvalue weighted by Crippen LogP contribution is -2.74. The van der Waals surface area contributed by atoms with Crippen LogP contribution in [-0.4, -0.2) is 95.2 Å². The number of carbonyl (C=O) groups excluding carboxylic acids is 5. The maximum atomic E-state index is 13.3. The molecule has 4 heterocycles. The maximum absolute atomic E-state index is 13.3. The molecule has 13 nitrogen and oxygen atoms in total. The van der Waals surface area contributed by atoms with Crippen LogP contribution in [0.4, 0.5) is 5.69 Å². The number of ether oxygens (including phenoxy) is 1. The lowest BCUT2D eigenvalue weighted by molar-refractivity contribution is -0.164. The molecule has 14 heteroatoms. The first-order valence-corrected chi connectivity index (χ1v) is 19.0. The molecule has 2 aromatic carbocycles. The number of hydrogen-bond donors (Lipinski definition) is 2. The van der Waals surface area contributed by atoms with Gasteiger partial charge < -0.3 is 15.0 Å². The Labute approximate surface area is 324 Å². The lowest BCUT2D eigenvalue weighted by atomic mass is 9.49. The number of piperidine rings is 1. The van der Waals surface area contributed by atoms with E-state index in [2.05, 4.69) is 59.2 Å². The molecule has 7 rings (SSSR count). The number of nitrogens with zero attached hydrogens (tertiary/aromatic N) is 5. The van der Waals surface area contributed by atoms with Crippen molar-refractivity contribution >= 4 is 46.8 Å². The molecule has 0 spiro atoms. The van der Waals surface area contributed by atoms with Crippen LogP contribution in [0.3, 0.4) is 0 Å². The van der Waals surface area contributed by atoms with Crippen LogP contribution < -0.4 is 20.3 Å². The number of carbonyl (C=O) groups is 5. The van der Waals surface area contributed by atoms with Gasteiger partial charge in [0.1, 0.15) is 29.7 Å². The van der Waals surface area contributed by atoms with Gasteiger partial charge in [-0.1, -0.05) is 45.4 Å². The third-order valence-electron chi connectivity index (χ3n) is 11.6. The number of benzene rings is 2. The van der Waals surface area contributed by atoms with Crippen molar-refractivity contribution in [3.8, 4) is 11.8 Å². The largest absolute Gasteiger partial charge is 0.489 e. The fourth-order valence-corrected chi connectivity index (χ4v) is 9.11. The number of amides is 5. The highest BCUT2D eigenvalue weighted by Crippen LogP contribution is 2.55. The summed E-state index contributed by atoms with van der Waals surface area (Å²) in [6, 6.07) is 14.9. The summed E-state index contributed by atoms with van der Waals surface area (Å²) in [7, 11) is 0. The summed E-state index contributed by atoms with van der Waals surface area (Å²) < 4.78 is 6.34. The van der Waals surface area contributed by atoms with E-state index in [1.54, 1.807) is 42.6 Å². The highest BCUT2D eigenvalue weighted by molar-refractivity contribution is 6.31. The smallest absolute Gasteiger partial charge is 0.270 e. The average Bonchev–Trinajstić information content (AvgIpc) is 3.41. The number of piperazine rings is 1. The molecule has 3 aliphatic heterocycles. The molecule has 2 saturated heterocycles. The topological polar surface area (TPSA) is 165 Å². The van der Waals surface area contributed by atoms with Crippen LogP contribution in [0.15, 0.2) is 54.7 Å². The summed E-state index contributed by atoms with van der Waals surface area (Å²) in [5.41, 5.74) is 2.45. The van der Waals surface area contributed by atoms with Gasteiger partial charge in [0.2, 0.25) is 11.8 Å². The Morgan fingerprint density at radius 3 is 2.36 bits per heavy atom. The Hall–Kier alpha value is -5.32. The zero-order valence-corrected chi connectivity index (χ0v) is 32.1. The van der Waals surface area contributed by atoms with Gasteiger partial charge >= 0.3 is 0 Å². The number of aromatic nitrogens is 1. The molecule has 4 aliphatic rings. The first-order valence-electron chi connectivity index (χ1n) is 18.6. The molecule has 1 aromatic heterocycles. The first kappa shape index (κ1) is 38.0. The Bertz CT molecular complexity index is 2090. The van der Waals surface area contributed by atoms with Crippen molar-refractivity contribution in [2.75, 3.05) is 37.6 Å². The molecule has 1 atom stereocenters. The molecule has 1 saturated carbocycles. The first-order chi connectivity index (χ1) is 26.2. The van der Waals surface area contributed by atoms with Gasteiger partial charge in [-0.15, -0.1) is 0 Å². The van der Waals surface area contributed by atoms with E-state index in [0.717, 1.165) is 61.7 Å². The summed E-state index contributed by atoms with van der Waals surface area (Å²) in [4.78, 5) is 73.7. The number of imide groups is 2. The zero-order chi connectivity index (χ0) is 39.2. The maximum Gasteiger partial charge on any atom is 0.270 e. The minimum absolute atomic E-state index is 0.0818. The highest BCUT2D eigenvalue weighted by Gasteiger charge is 2.64. The van der Waals surface area contributed by atoms with Crippen molar-refractivity contribution < 1.29 is 28.7 Å². The van der Waals surface area contributed by atoms with Crippen LogP contribution in [-0.2, 0) is 16.0 Å². The lowest BCUT2D eigenvalue weighted by Gasteiger charge is -2.63. The molecule has 2 N–H and O–H groups in total. The van der Waals surface area contributed by atoms with Crippen molar-refractivity contribution in [3.63, 3.8) is 0 Å². The fraction of sp³-hybridized carbons (Fsp3) is 0.439. The van der Waals surface area contributed by atoms with Gasteiger partial charge in [0.05, 0.1) is 21.7 Å². The number of hydrogen-bond acceptors (Lipinski definition) is 10. The third kappa shape index (κ3) is 7.16. The Morgan fingerprint density at radius 2 is 1.71 bits per heavy atom. The molecule has 286 valence electrons. The summed E-state index contributed by atoms with van der Waals surface area (Å²) in [5, 5.41) is 14.9. The number of anilines is 1. The van der Waals surface area contributed by atoms with Gasteiger partial charge in [-0.2, -0.15) is 5.26 Å². The van der Waals surface area contributed by atoms with Crippen LogP contribution in [0.25, 0.3) is 0 Å². The van der Waals surface area contributed by atoms with E-state index in [9.17, 15) is 29.2 Å². The summed E-state index contributed by atoms with van der Waals surface area (Å²) in [6.45, 7) is 12.3. The van der Waals surface area contributed by atoms with Crippen molar-refractivity contribution in [2.45, 2.75) is 71.6 Å². The number of halogens is 1. The van der Waals surface area contributed by atoms with Gasteiger partial charge in [0.15, 0.2) is 0 Å². The van der Waals surface area contributed by atoms with E-state index in [1.165, 1.54) is 0 Å². The second-order valence-corrected chi connectivity index (χ2v) is 16.4. The second kappa shape index (κ2) is 14.7. The highest BCUT2D eigenvalue weighted by atomic mass is 35.5. The van der Waals surface area contributed by atoms with E-state index < -0.39 is 29.7 Å². The molecule has 3 aromatic rings. The Balaban J connectivity index is 0.864. The fourth-order valence-electron chi connectivity index (χ4n) is 8.90. The van der Waals surface area contributed by atoms with Crippen molar-refractivity contribution in [1.82, 2.24) is 25.4 Å². The predicted molar refractivity (Wildman–Crippen MR) is 204 cm³/mol. The SMILES string of the molecule is CC1(C)[C@H](NC(=O)c2ccc(CCCN3CCN(c4ccc5c(c4)C(=O)N(C4CCC(=O)NC4=O)C5=O)CC3)cn2)C(C)(C)[C@H]1Oc1ccc(C#N)c(Cl)c1. The van der Waals surface area contributed by atoms with Crippen LogP contribution in [0.2, 0.25) is 5.02 Å². The second-order valence-electron chi connectivity index (χ2n) is 16.0. The minimum Gasteiger partial charge on any atom is -0.489 e. The Morgan fingerprint density at radius 1 is 0.982 bits per heavy atom. The molecule has 1 unspecified atom stereocenters. The summed E-state index contributed by atoms with van der Waals surface area (Å²) in [6.07, 6.45) is 3.52. The molecular formula is C41H44ClN7O6. The van der Waals surface area contributed by atoms with E-state index in [1.807, 2.05) is 12.1 Å². The minimum atomic E-state index is -0.984. The molecule has 55 heavy (non-hydrogen) atoms. The average molecular weight is 766 g/mol. The standard InChI is InChI=1S/C41H44ClN7O6/c1-40(2)38(41(3,4)39(40)55-27-10-8-25(22-43)30(42)21-27)46-34(51)31-12-7-24(23-44-31)6-5-15-47-16-18-48(19-17-47)26-9-11-28-29(20-26)37(54)49(36(28)53)32-13-14-33(50)45-35(32)52/h7-12,20-21,23,32,38-39H,5-6,13-19H2,1-4H3,(H,46,51)(H,45,50,52)/t32?,38-,39-. The van der Waals surface area contributed by atoms with Gasteiger partial charge in [0, 0.05) is 67.4 Å². The number of aryl methyl sites for hydroxylation is 1. The van der Waals surface area contributed by atoms with Crippen molar-refractivity contribution in [1.29, 1.82) is 5.26 Å². The number of rotatable bonds is 10. The van der Waals surface area contributed by atoms with Crippen LogP contribution in [0, 0.1) is 22.2 Å². The van der Waals surface area contributed by atoms with Gasteiger partial charge in [0.25, 0.3) is 17.7 Å². The van der Waals surface area contributed by atoms with Crippen molar-refractivity contribution in [3.05, 3.63) is 87.7 Å². The van der Waals surface area contributed by atoms with E-state index >= 15 is 0 Å². The molecule has 5 amide bonds. The molecule has 0 radical (unpaired) electrons. The van der Waals surface area contributed by atoms with Gasteiger partial charge in [-0.25, -0.2) is 0 Å². The van der Waals surface area contributed by atoms with Crippen molar-refractivity contribution in [2.24, 2.45) is 10.8 Å². The van der Waals surface area contributed by atoms with E-state index in [4.69, 9.17) is 16.3 Å². The number of nitrogens with one attached hydrogen (secondary N) is 2. The third-order valence-corrected chi connectivity index (χ3v) is 11.9. The zero-order valence-electron chi connectivity index (χ0n) is 31.4. The number of fused-ring (bicyclic) bond motifs is 1. The van der Waals surface area contributed by atoms with E-state index in [0.29, 0.717) is 22.0 Å². The molecule has 3 fully saturated rings. The van der Waals surface area contributed by atoms with Crippen LogP contribution >= 0.6 is 11.6 Å². The normalized spacial score (nSPS) is 23.1. The monoisotopic (exact) mass is 765 g/mol. The van der Waals surface area contributed by atoms with Crippen LogP contribution in [0.5, 0.6) is 5.75 Å². The number of nitriles is 1. The van der Waals surface area contributed by atoms with Crippen LogP contribution in [0.1, 0.15) is 89.3 Å². The molecule has 0 bridgehead atoms. The van der Waals surface area contributed by atoms with E-state index in [-0.39, 0.29) is 52.9 Å².